The maximum absolute atomic E-state index is 10.4. The van der Waals surface area contributed by atoms with Gasteiger partial charge < -0.3 is 9.90 Å². The van der Waals surface area contributed by atoms with E-state index in [1.807, 2.05) is 0 Å². The average Bonchev–Trinajstić information content (AvgIpc) is 2.35. The molecule has 0 heterocycles. The van der Waals surface area contributed by atoms with Gasteiger partial charge >= 0.3 is 0 Å². The van der Waals surface area contributed by atoms with E-state index in [0.29, 0.717) is 5.57 Å². The van der Waals surface area contributed by atoms with Gasteiger partial charge in [0.25, 0.3) is 0 Å². The standard InChI is InChI=1S/C15H27BrO2/c1-14(15(17)18)12-10-8-6-4-2-3-5-7-9-11-13-16/h12H,2-11,13H2,1H3,(H,17,18)/p-1/b14-12+. The molecule has 0 aromatic carbocycles. The molecule has 2 nitrogen and oxygen atoms in total. The van der Waals surface area contributed by atoms with Crippen LogP contribution >= 0.6 is 15.9 Å². The van der Waals surface area contributed by atoms with Crippen molar-refractivity contribution in [3.63, 3.8) is 0 Å². The van der Waals surface area contributed by atoms with Crippen LogP contribution in [-0.2, 0) is 4.79 Å². The Morgan fingerprint density at radius 3 is 1.83 bits per heavy atom. The first-order chi connectivity index (χ1) is 8.68. The van der Waals surface area contributed by atoms with E-state index in [1.54, 1.807) is 13.0 Å². The van der Waals surface area contributed by atoms with E-state index in [-0.39, 0.29) is 0 Å². The lowest BCUT2D eigenvalue weighted by Gasteiger charge is -2.02. The molecule has 0 aliphatic rings. The Labute approximate surface area is 120 Å². The monoisotopic (exact) mass is 317 g/mol. The number of aliphatic carboxylic acids is 1. The number of carbonyl (C=O) groups excluding carboxylic acids is 1. The third-order valence-corrected chi connectivity index (χ3v) is 3.67. The zero-order chi connectivity index (χ0) is 13.6. The minimum atomic E-state index is -1.04. The number of hydrogen-bond donors (Lipinski definition) is 0. The molecule has 0 saturated heterocycles. The van der Waals surface area contributed by atoms with E-state index in [9.17, 15) is 9.90 Å². The van der Waals surface area contributed by atoms with Crippen LogP contribution in [0.5, 0.6) is 0 Å². The molecule has 0 saturated carbocycles. The Bertz CT molecular complexity index is 237. The van der Waals surface area contributed by atoms with Crippen LogP contribution in [0.25, 0.3) is 0 Å². The molecule has 0 aromatic rings. The van der Waals surface area contributed by atoms with Crippen LogP contribution in [0.3, 0.4) is 0 Å². The first kappa shape index (κ1) is 17.7. The molecule has 3 heteroatoms. The number of unbranched alkanes of at least 4 members (excludes halogenated alkanes) is 9. The molecule has 0 radical (unpaired) electrons. The molecule has 106 valence electrons. The Balaban J connectivity index is 3.17. The summed E-state index contributed by atoms with van der Waals surface area (Å²) in [5, 5.41) is 11.6. The Morgan fingerprint density at radius 1 is 0.944 bits per heavy atom. The quantitative estimate of drug-likeness (QED) is 0.310. The van der Waals surface area contributed by atoms with Gasteiger partial charge in [0, 0.05) is 5.33 Å². The predicted molar refractivity (Wildman–Crippen MR) is 78.7 cm³/mol. The van der Waals surface area contributed by atoms with Gasteiger partial charge in [0.2, 0.25) is 0 Å². The highest BCUT2D eigenvalue weighted by atomic mass is 79.9. The second-order valence-corrected chi connectivity index (χ2v) is 5.63. The molecule has 0 spiro atoms. The van der Waals surface area contributed by atoms with Crippen LogP contribution < -0.4 is 5.11 Å². The van der Waals surface area contributed by atoms with Crippen molar-refractivity contribution in [1.29, 1.82) is 0 Å². The fourth-order valence-electron chi connectivity index (χ4n) is 1.88. The van der Waals surface area contributed by atoms with Crippen LogP contribution in [0.15, 0.2) is 11.6 Å². The lowest BCUT2D eigenvalue weighted by molar-refractivity contribution is -0.299. The average molecular weight is 318 g/mol. The van der Waals surface area contributed by atoms with Crippen LogP contribution in [0.4, 0.5) is 0 Å². The van der Waals surface area contributed by atoms with Crippen molar-refractivity contribution >= 4 is 21.9 Å². The van der Waals surface area contributed by atoms with E-state index < -0.39 is 5.97 Å². The number of carboxylic acid groups (broad SMARTS) is 1. The number of allylic oxidation sites excluding steroid dienone is 1. The predicted octanol–water partition coefficient (Wildman–Crippen LogP) is 3.98. The van der Waals surface area contributed by atoms with E-state index in [1.165, 1.54) is 51.4 Å². The number of alkyl halides is 1. The van der Waals surface area contributed by atoms with Crippen molar-refractivity contribution in [3.05, 3.63) is 11.6 Å². The number of halogens is 1. The normalized spacial score (nSPS) is 11.8. The van der Waals surface area contributed by atoms with Crippen molar-refractivity contribution in [2.45, 2.75) is 71.1 Å². The zero-order valence-electron chi connectivity index (χ0n) is 11.5. The maximum Gasteiger partial charge on any atom is 0.0668 e. The van der Waals surface area contributed by atoms with Gasteiger partial charge in [-0.05, 0) is 31.8 Å². The molecule has 0 aromatic heterocycles. The highest BCUT2D eigenvalue weighted by Gasteiger charge is 1.93. The van der Waals surface area contributed by atoms with E-state index in [2.05, 4.69) is 15.9 Å². The molecule has 0 unspecified atom stereocenters. The van der Waals surface area contributed by atoms with Crippen LogP contribution in [-0.4, -0.2) is 11.3 Å². The third kappa shape index (κ3) is 12.2. The highest BCUT2D eigenvalue weighted by molar-refractivity contribution is 9.09. The van der Waals surface area contributed by atoms with Gasteiger partial charge in [-0.2, -0.15) is 0 Å². The molecule has 0 aliphatic heterocycles. The molecule has 0 fully saturated rings. The van der Waals surface area contributed by atoms with Gasteiger partial charge in [-0.3, -0.25) is 0 Å². The van der Waals surface area contributed by atoms with E-state index in [0.717, 1.165) is 18.2 Å². The van der Waals surface area contributed by atoms with E-state index in [4.69, 9.17) is 0 Å². The van der Waals surface area contributed by atoms with Crippen molar-refractivity contribution in [3.8, 4) is 0 Å². The molecule has 0 atom stereocenters. The lowest BCUT2D eigenvalue weighted by atomic mass is 10.1. The Kier molecular flexibility index (Phi) is 12.9. The zero-order valence-corrected chi connectivity index (χ0v) is 13.1. The molecule has 0 rings (SSSR count). The van der Waals surface area contributed by atoms with Crippen molar-refractivity contribution in [2.24, 2.45) is 0 Å². The summed E-state index contributed by atoms with van der Waals surface area (Å²) in [4.78, 5) is 10.4. The highest BCUT2D eigenvalue weighted by Crippen LogP contribution is 2.11. The van der Waals surface area contributed by atoms with Crippen molar-refractivity contribution in [1.82, 2.24) is 0 Å². The largest absolute Gasteiger partial charge is 0.545 e. The third-order valence-electron chi connectivity index (χ3n) is 3.11. The fourth-order valence-corrected chi connectivity index (χ4v) is 2.27. The number of rotatable bonds is 12. The summed E-state index contributed by atoms with van der Waals surface area (Å²) in [6.45, 7) is 1.60. The maximum atomic E-state index is 10.4. The van der Waals surface area contributed by atoms with Crippen LogP contribution in [0.2, 0.25) is 0 Å². The topological polar surface area (TPSA) is 40.1 Å². The SMILES string of the molecule is C/C(=C\CCCCCCCCCCCBr)C(=O)[O-]. The number of carboxylic acids is 1. The summed E-state index contributed by atoms with van der Waals surface area (Å²) in [5.74, 6) is -1.04. The summed E-state index contributed by atoms with van der Waals surface area (Å²) in [6.07, 6.45) is 14.2. The summed E-state index contributed by atoms with van der Waals surface area (Å²) >= 11 is 3.44. The molecule has 18 heavy (non-hydrogen) atoms. The summed E-state index contributed by atoms with van der Waals surface area (Å²) < 4.78 is 0. The van der Waals surface area contributed by atoms with Gasteiger partial charge in [-0.25, -0.2) is 0 Å². The number of hydrogen-bond acceptors (Lipinski definition) is 2. The molecule has 0 aliphatic carbocycles. The minimum absolute atomic E-state index is 0.363. The second kappa shape index (κ2) is 13.1. The Morgan fingerprint density at radius 2 is 1.39 bits per heavy atom. The lowest BCUT2D eigenvalue weighted by Crippen LogP contribution is -2.22. The second-order valence-electron chi connectivity index (χ2n) is 4.83. The minimum Gasteiger partial charge on any atom is -0.545 e. The van der Waals surface area contributed by atoms with Gasteiger partial charge in [-0.1, -0.05) is 67.0 Å². The van der Waals surface area contributed by atoms with Gasteiger partial charge in [-0.15, -0.1) is 0 Å². The smallest absolute Gasteiger partial charge is 0.0668 e. The van der Waals surface area contributed by atoms with Gasteiger partial charge in [0.1, 0.15) is 0 Å². The fraction of sp³-hybridized carbons (Fsp3) is 0.800. The summed E-state index contributed by atoms with van der Waals surface area (Å²) in [7, 11) is 0. The summed E-state index contributed by atoms with van der Waals surface area (Å²) in [5.41, 5.74) is 0.363. The molecule has 0 bridgehead atoms. The number of carbonyl (C=O) groups is 1. The first-order valence-corrected chi connectivity index (χ1v) is 8.24. The molecule has 0 N–H and O–H groups in total. The van der Waals surface area contributed by atoms with Gasteiger partial charge in [0.05, 0.1) is 5.97 Å². The van der Waals surface area contributed by atoms with Gasteiger partial charge in [0.15, 0.2) is 0 Å². The van der Waals surface area contributed by atoms with Crippen LogP contribution in [0, 0.1) is 0 Å². The first-order valence-electron chi connectivity index (χ1n) is 7.12. The van der Waals surface area contributed by atoms with E-state index >= 15 is 0 Å². The molecule has 0 amide bonds. The molecular formula is C15H26BrO2-. The van der Waals surface area contributed by atoms with Crippen molar-refractivity contribution < 1.29 is 9.90 Å². The van der Waals surface area contributed by atoms with Crippen LogP contribution in [0.1, 0.15) is 71.1 Å². The van der Waals surface area contributed by atoms with Crippen molar-refractivity contribution in [2.75, 3.05) is 5.33 Å². The molecular weight excluding hydrogens is 292 g/mol. The Hall–Kier alpha value is -0.310. The summed E-state index contributed by atoms with van der Waals surface area (Å²) in [6, 6.07) is 0.